The fraction of sp³-hybridized carbons (Fsp3) is 0.562. The third-order valence-electron chi connectivity index (χ3n) is 5.14. The van der Waals surface area contributed by atoms with Crippen molar-refractivity contribution >= 4 is 17.7 Å². The van der Waals surface area contributed by atoms with Crippen LogP contribution in [0.3, 0.4) is 0 Å². The van der Waals surface area contributed by atoms with Crippen molar-refractivity contribution in [1.82, 2.24) is 10.6 Å². The smallest absolute Gasteiger partial charge is 0.350 e. The van der Waals surface area contributed by atoms with Gasteiger partial charge in [0, 0.05) is 29.4 Å². The molecular formula is C16H17F3N2OS. The minimum absolute atomic E-state index is 0.114. The Morgan fingerprint density at radius 3 is 2.70 bits per heavy atom. The van der Waals surface area contributed by atoms with Gasteiger partial charge in [-0.05, 0) is 30.9 Å². The van der Waals surface area contributed by atoms with E-state index in [0.29, 0.717) is 28.3 Å². The largest absolute Gasteiger partial charge is 0.412 e. The van der Waals surface area contributed by atoms with Crippen LogP contribution in [0, 0.1) is 0 Å². The first-order valence-corrected chi connectivity index (χ1v) is 8.61. The molecule has 3 aliphatic rings. The predicted octanol–water partition coefficient (Wildman–Crippen LogP) is 2.65. The van der Waals surface area contributed by atoms with E-state index < -0.39 is 16.8 Å². The Labute approximate surface area is 136 Å². The zero-order valence-corrected chi connectivity index (χ0v) is 13.1. The van der Waals surface area contributed by atoms with Crippen LogP contribution in [-0.2, 0) is 11.2 Å². The Hall–Kier alpha value is -1.21. The molecule has 4 atom stereocenters. The lowest BCUT2D eigenvalue weighted by Gasteiger charge is -2.32. The van der Waals surface area contributed by atoms with E-state index in [0.717, 1.165) is 19.3 Å². The summed E-state index contributed by atoms with van der Waals surface area (Å²) in [6.07, 6.45) is -2.20. The van der Waals surface area contributed by atoms with Crippen LogP contribution < -0.4 is 10.6 Å². The number of benzene rings is 1. The summed E-state index contributed by atoms with van der Waals surface area (Å²) in [5.41, 5.74) is 0.594. The average Bonchev–Trinajstić information content (AvgIpc) is 3.19. The summed E-state index contributed by atoms with van der Waals surface area (Å²) in [5.74, 6) is -0.898. The highest BCUT2D eigenvalue weighted by Gasteiger charge is 2.64. The molecule has 2 saturated heterocycles. The SMILES string of the molecule is O=C(N[C@@H]1C[C@H]2CC[C@@H]1N2)C1(C(F)(F)F)Cc2ccccc2S1. The molecule has 7 heteroatoms. The maximum absolute atomic E-state index is 13.8. The Kier molecular flexibility index (Phi) is 3.43. The maximum Gasteiger partial charge on any atom is 0.412 e. The number of fused-ring (bicyclic) bond motifs is 3. The van der Waals surface area contributed by atoms with Crippen LogP contribution in [0.15, 0.2) is 29.2 Å². The number of carbonyl (C=O) groups excluding carboxylic acids is 1. The summed E-state index contributed by atoms with van der Waals surface area (Å²) in [6, 6.07) is 7.00. The molecule has 1 aromatic rings. The van der Waals surface area contributed by atoms with Crippen molar-refractivity contribution in [2.45, 2.75) is 59.6 Å². The molecule has 4 rings (SSSR count). The number of thioether (sulfide) groups is 1. The Bertz CT molecular complexity index is 623. The molecule has 1 unspecified atom stereocenters. The van der Waals surface area contributed by atoms with E-state index in [4.69, 9.17) is 0 Å². The first kappa shape index (κ1) is 15.3. The summed E-state index contributed by atoms with van der Waals surface area (Å²) in [6.45, 7) is 0. The van der Waals surface area contributed by atoms with Gasteiger partial charge in [0.1, 0.15) is 0 Å². The van der Waals surface area contributed by atoms with Crippen molar-refractivity contribution in [3.8, 4) is 0 Å². The molecule has 2 bridgehead atoms. The topological polar surface area (TPSA) is 41.1 Å². The molecule has 3 heterocycles. The molecule has 0 aliphatic carbocycles. The highest BCUT2D eigenvalue weighted by atomic mass is 32.2. The summed E-state index contributed by atoms with van der Waals surface area (Å²) in [5, 5.41) is 6.03. The number of amides is 1. The third kappa shape index (κ3) is 2.36. The maximum atomic E-state index is 13.8. The quantitative estimate of drug-likeness (QED) is 0.868. The summed E-state index contributed by atoms with van der Waals surface area (Å²) in [7, 11) is 0. The molecule has 0 radical (unpaired) electrons. The fourth-order valence-electron chi connectivity index (χ4n) is 3.92. The lowest BCUT2D eigenvalue weighted by Crippen LogP contribution is -2.58. The molecule has 0 saturated carbocycles. The van der Waals surface area contributed by atoms with E-state index in [1.807, 2.05) is 0 Å². The Balaban J connectivity index is 1.59. The van der Waals surface area contributed by atoms with Crippen molar-refractivity contribution in [2.75, 3.05) is 0 Å². The number of rotatable bonds is 2. The summed E-state index contributed by atoms with van der Waals surface area (Å²) >= 11 is 0.645. The second-order valence-electron chi connectivity index (χ2n) is 6.57. The standard InChI is InChI=1S/C16H17F3N2OS/c17-16(18,19)15(8-9-3-1-2-4-13(9)23-15)14(22)21-12-7-10-5-6-11(12)20-10/h1-4,10-12,20H,5-8H2,(H,21,22)/t10-,11+,12-,15?/m1/s1. The molecule has 0 aromatic heterocycles. The average molecular weight is 342 g/mol. The monoisotopic (exact) mass is 342 g/mol. The zero-order chi connectivity index (χ0) is 16.2. The van der Waals surface area contributed by atoms with Gasteiger partial charge in [-0.15, -0.1) is 0 Å². The highest BCUT2D eigenvalue weighted by Crippen LogP contribution is 2.53. The van der Waals surface area contributed by atoms with Crippen molar-refractivity contribution in [3.05, 3.63) is 29.8 Å². The van der Waals surface area contributed by atoms with Gasteiger partial charge >= 0.3 is 6.18 Å². The normalized spacial score (nSPS) is 35.3. The molecular weight excluding hydrogens is 325 g/mol. The molecule has 0 spiro atoms. The number of halogens is 3. The zero-order valence-electron chi connectivity index (χ0n) is 12.3. The second kappa shape index (κ2) is 5.14. The number of hydrogen-bond donors (Lipinski definition) is 2. The predicted molar refractivity (Wildman–Crippen MR) is 81.3 cm³/mol. The van der Waals surface area contributed by atoms with Gasteiger partial charge in [0.05, 0.1) is 0 Å². The highest BCUT2D eigenvalue weighted by molar-refractivity contribution is 8.01. The minimum Gasteiger partial charge on any atom is -0.350 e. The van der Waals surface area contributed by atoms with Gasteiger partial charge in [-0.25, -0.2) is 0 Å². The van der Waals surface area contributed by atoms with Gasteiger partial charge < -0.3 is 10.6 Å². The number of hydrogen-bond acceptors (Lipinski definition) is 3. The molecule has 2 fully saturated rings. The van der Waals surface area contributed by atoms with E-state index >= 15 is 0 Å². The third-order valence-corrected chi connectivity index (χ3v) is 6.67. The minimum atomic E-state index is -4.59. The molecule has 23 heavy (non-hydrogen) atoms. The number of alkyl halides is 3. The van der Waals surface area contributed by atoms with Crippen LogP contribution in [0.5, 0.6) is 0 Å². The van der Waals surface area contributed by atoms with E-state index in [1.165, 1.54) is 0 Å². The van der Waals surface area contributed by atoms with Crippen LogP contribution in [0.25, 0.3) is 0 Å². The van der Waals surface area contributed by atoms with Crippen molar-refractivity contribution in [2.24, 2.45) is 0 Å². The van der Waals surface area contributed by atoms with Crippen LogP contribution in [-0.4, -0.2) is 35.0 Å². The molecule has 2 N–H and O–H groups in total. The molecule has 3 aliphatic heterocycles. The van der Waals surface area contributed by atoms with Crippen molar-refractivity contribution in [1.29, 1.82) is 0 Å². The van der Waals surface area contributed by atoms with Gasteiger partial charge in [0.15, 0.2) is 4.75 Å². The van der Waals surface area contributed by atoms with Gasteiger partial charge in [-0.3, -0.25) is 4.79 Å². The molecule has 3 nitrogen and oxygen atoms in total. The van der Waals surface area contributed by atoms with E-state index in [1.54, 1.807) is 24.3 Å². The van der Waals surface area contributed by atoms with Gasteiger partial charge in [-0.1, -0.05) is 30.0 Å². The van der Waals surface area contributed by atoms with E-state index in [9.17, 15) is 18.0 Å². The molecule has 1 aromatic carbocycles. The van der Waals surface area contributed by atoms with Crippen LogP contribution >= 0.6 is 11.8 Å². The lowest BCUT2D eigenvalue weighted by atomic mass is 9.93. The van der Waals surface area contributed by atoms with Crippen LogP contribution in [0.2, 0.25) is 0 Å². The molecule has 124 valence electrons. The summed E-state index contributed by atoms with van der Waals surface area (Å²) < 4.78 is 39.0. The van der Waals surface area contributed by atoms with Gasteiger partial charge in [-0.2, -0.15) is 13.2 Å². The molecule has 1 amide bonds. The fourth-order valence-corrected chi connectivity index (χ4v) is 5.21. The first-order chi connectivity index (χ1) is 10.9. The van der Waals surface area contributed by atoms with Gasteiger partial charge in [0.25, 0.3) is 0 Å². The number of carbonyl (C=O) groups is 1. The Morgan fingerprint density at radius 1 is 1.30 bits per heavy atom. The van der Waals surface area contributed by atoms with Gasteiger partial charge in [0.2, 0.25) is 5.91 Å². The van der Waals surface area contributed by atoms with E-state index in [-0.39, 0.29) is 18.5 Å². The van der Waals surface area contributed by atoms with Crippen LogP contribution in [0.4, 0.5) is 13.2 Å². The van der Waals surface area contributed by atoms with Crippen LogP contribution in [0.1, 0.15) is 24.8 Å². The number of nitrogens with one attached hydrogen (secondary N) is 2. The van der Waals surface area contributed by atoms with Crippen molar-refractivity contribution in [3.63, 3.8) is 0 Å². The second-order valence-corrected chi connectivity index (χ2v) is 7.92. The van der Waals surface area contributed by atoms with Crippen molar-refractivity contribution < 1.29 is 18.0 Å². The Morgan fingerprint density at radius 2 is 2.09 bits per heavy atom. The lowest BCUT2D eigenvalue weighted by molar-refractivity contribution is -0.171. The summed E-state index contributed by atoms with van der Waals surface area (Å²) in [4.78, 5) is 13.2. The first-order valence-electron chi connectivity index (χ1n) is 7.80. The van der Waals surface area contributed by atoms with E-state index in [2.05, 4.69) is 10.6 Å².